The average Bonchev–Trinajstić information content (AvgIpc) is 4.19. The minimum atomic E-state index is -0.586. The number of ether oxygens (including phenoxy) is 3. The summed E-state index contributed by atoms with van der Waals surface area (Å²) in [6, 6.07) is 42.9. The van der Waals surface area contributed by atoms with E-state index in [4.69, 9.17) is 44.5 Å². The number of phenols is 6. The van der Waals surface area contributed by atoms with Crippen molar-refractivity contribution < 1.29 is 54.4 Å². The molecule has 1 heterocycles. The van der Waals surface area contributed by atoms with Crippen LogP contribution < -0.4 is 47.8 Å². The SMILES string of the molecule is CCc1cc(-c2n[nH]c(=S)n2-c2ccc(OC)c3ccccc23)c(O)cc1O.CCc1cc(C(=O)NN)c(O)cc1O.CCc1cc(C(=O)NNC(=S)Nc2ccc(OC)c3ccccc23)c(O)cc1O.COc1ccc(N=C=S)c2ccccc12.N.P. The van der Waals surface area contributed by atoms with E-state index in [0.29, 0.717) is 52.1 Å². The molecule has 0 aliphatic carbocycles. The van der Waals surface area contributed by atoms with Crippen molar-refractivity contribution in [3.8, 4) is 68.8 Å². The van der Waals surface area contributed by atoms with Gasteiger partial charge in [0.1, 0.15) is 51.7 Å². The van der Waals surface area contributed by atoms with E-state index in [9.17, 15) is 40.2 Å². The molecule has 0 radical (unpaired) electrons. The lowest BCUT2D eigenvalue weighted by Crippen LogP contribution is -2.43. The Bertz CT molecular complexity index is 4270. The number of nitrogens with two attached hydrogens (primary N) is 1. The maximum Gasteiger partial charge on any atom is 0.273 e. The minimum Gasteiger partial charge on any atom is -0.508 e. The Morgan fingerprint density at radius 2 is 1.03 bits per heavy atom. The molecule has 16 N–H and O–H groups in total. The highest BCUT2D eigenvalue weighted by Crippen LogP contribution is 2.39. The highest BCUT2D eigenvalue weighted by atomic mass is 32.1. The smallest absolute Gasteiger partial charge is 0.273 e. The first kappa shape index (κ1) is 68.9. The Morgan fingerprint density at radius 1 is 0.591 bits per heavy atom. The molecule has 1 unspecified atom stereocenters. The molecule has 1 aromatic heterocycles. The lowest BCUT2D eigenvalue weighted by atomic mass is 10.0. The fourth-order valence-electron chi connectivity index (χ4n) is 9.14. The van der Waals surface area contributed by atoms with Crippen molar-refractivity contribution in [1.82, 2.24) is 37.2 Å². The first-order valence-corrected chi connectivity index (χ1v) is 27.6. The summed E-state index contributed by atoms with van der Waals surface area (Å²) >= 11 is 15.4. The fraction of sp³-hybridized carbons (Fsp3) is 0.143. The largest absolute Gasteiger partial charge is 0.508 e. The van der Waals surface area contributed by atoms with Crippen molar-refractivity contribution in [1.29, 1.82) is 0 Å². The third-order valence-electron chi connectivity index (χ3n) is 13.5. The number of aliphatic imine (C=N–C) groups is 1. The number of anilines is 1. The number of thiocarbonyl (C=S) groups is 2. The van der Waals surface area contributed by atoms with E-state index < -0.39 is 11.8 Å². The van der Waals surface area contributed by atoms with Crippen molar-refractivity contribution in [2.24, 2.45) is 10.8 Å². The second-order valence-electron chi connectivity index (χ2n) is 18.5. The van der Waals surface area contributed by atoms with E-state index >= 15 is 0 Å². The number of hydrazine groups is 2. The van der Waals surface area contributed by atoms with Gasteiger partial charge in [-0.2, -0.15) is 20.0 Å². The number of methoxy groups -OCH3 is 3. The first-order valence-electron chi connectivity index (χ1n) is 26.4. The molecule has 0 fully saturated rings. The van der Waals surface area contributed by atoms with Crippen LogP contribution in [0.25, 0.3) is 49.4 Å². The van der Waals surface area contributed by atoms with Gasteiger partial charge in [-0.15, -0.1) is 0 Å². The predicted octanol–water partition coefficient (Wildman–Crippen LogP) is 12.3. The number of aryl methyl sites for hydroxylation is 3. The van der Waals surface area contributed by atoms with Crippen LogP contribution in [-0.4, -0.2) is 88.8 Å². The summed E-state index contributed by atoms with van der Waals surface area (Å²) < 4.78 is 18.3. The number of carbonyl (C=O) groups excluding carboxylic acids is 2. The van der Waals surface area contributed by atoms with E-state index in [0.717, 1.165) is 78.8 Å². The standard InChI is InChI=1S/C21H21N3O4S.C21H19N3O3S.C12H9NOS.C9H12N2O3.H3N.H3P/c1-3-12-10-15(18(26)11-17(12)25)20(27)23-24-21(29)22-16-8-9-19(28-2)14-7-5-4-6-13(14)16;1-3-12-10-15(18(26)11-17(12)25)20-22-23-21(28)24(20)16-8-9-19(27-2)14-7-5-4-6-13(14)16;1-14-12-7-6-11(13-8-15)9-4-2-3-5-10(9)12;1-2-5-3-6(9(14)11-10)8(13)4-7(5)12;;/h4-11,25-26H,3H2,1-2H3,(H,23,27)(H2,22,24,29);4-11,25-26H,3H2,1-2H3,(H,23,28);2-7H,1H3;3-4,12-13H,2,10H2,1H3,(H,11,14);2*1H3. The molecule has 25 heteroatoms. The normalized spacial score (nSPS) is 10.2. The van der Waals surface area contributed by atoms with Crippen LogP contribution in [-0.2, 0) is 19.3 Å². The highest BCUT2D eigenvalue weighted by molar-refractivity contribution is 7.80. The quantitative estimate of drug-likeness (QED) is 0.0135. The van der Waals surface area contributed by atoms with Crippen LogP contribution in [0.15, 0.2) is 151 Å². The summed E-state index contributed by atoms with van der Waals surface area (Å²) in [4.78, 5) is 27.5. The molecule has 21 nitrogen and oxygen atoms in total. The van der Waals surface area contributed by atoms with Crippen LogP contribution in [0.2, 0.25) is 0 Å². The maximum absolute atomic E-state index is 12.4. The maximum atomic E-state index is 12.4. The molecule has 88 heavy (non-hydrogen) atoms. The summed E-state index contributed by atoms with van der Waals surface area (Å²) in [5.74, 6) is 5.86. The predicted molar refractivity (Wildman–Crippen MR) is 360 cm³/mol. The molecule has 0 saturated heterocycles. The molecule has 10 rings (SSSR count). The Balaban J connectivity index is 0.000000222. The van der Waals surface area contributed by atoms with Gasteiger partial charge < -0.3 is 56.3 Å². The number of fused-ring (bicyclic) bond motifs is 3. The summed E-state index contributed by atoms with van der Waals surface area (Å²) in [5.41, 5.74) is 11.8. The van der Waals surface area contributed by atoms with Crippen molar-refractivity contribution in [3.05, 3.63) is 178 Å². The Hall–Kier alpha value is -9.90. The first-order chi connectivity index (χ1) is 41.4. The number of hydrogen-bond donors (Lipinski definition) is 13. The molecule has 0 saturated carbocycles. The summed E-state index contributed by atoms with van der Waals surface area (Å²) in [6.07, 6.45) is 1.71. The Morgan fingerprint density at radius 3 is 1.55 bits per heavy atom. The molecule has 0 aliphatic heterocycles. The summed E-state index contributed by atoms with van der Waals surface area (Å²) in [7, 11) is 4.90. The van der Waals surface area contributed by atoms with Gasteiger partial charge in [-0.25, -0.2) is 5.84 Å². The second kappa shape index (κ2) is 32.0. The number of aromatic nitrogens is 3. The van der Waals surface area contributed by atoms with Crippen LogP contribution in [0.1, 0.15) is 58.2 Å². The third kappa shape index (κ3) is 15.7. The zero-order valence-corrected chi connectivity index (χ0v) is 52.6. The molecular weight excluding hydrogens is 1200 g/mol. The number of benzene rings is 9. The monoisotopic (exact) mass is 1270 g/mol. The van der Waals surface area contributed by atoms with Gasteiger partial charge in [0, 0.05) is 56.2 Å². The molecule has 458 valence electrons. The lowest BCUT2D eigenvalue weighted by molar-refractivity contribution is 0.0936. The topological polar surface area (TPSA) is 338 Å². The number of aromatic hydroxyl groups is 6. The van der Waals surface area contributed by atoms with Crippen LogP contribution in [0.4, 0.5) is 11.4 Å². The number of nitrogens with one attached hydrogen (secondary N) is 5. The van der Waals surface area contributed by atoms with Crippen LogP contribution in [0.5, 0.6) is 51.7 Å². The zero-order valence-electron chi connectivity index (χ0n) is 48.8. The molecule has 9 aromatic carbocycles. The number of amides is 2. The number of nitrogens with zero attached hydrogens (tertiary/aromatic N) is 3. The van der Waals surface area contributed by atoms with Gasteiger partial charge >= 0.3 is 0 Å². The number of rotatable bonds is 12. The van der Waals surface area contributed by atoms with Gasteiger partial charge in [-0.05, 0) is 127 Å². The number of carbonyl (C=O) groups is 2. The number of hydrogen-bond acceptors (Lipinski definition) is 18. The average molecular weight is 1270 g/mol. The van der Waals surface area contributed by atoms with E-state index in [-0.39, 0.29) is 66.8 Å². The molecule has 0 aliphatic rings. The second-order valence-corrected chi connectivity index (χ2v) is 19.5. The van der Waals surface area contributed by atoms with Gasteiger partial charge in [0.15, 0.2) is 15.7 Å². The van der Waals surface area contributed by atoms with Gasteiger partial charge in [0.25, 0.3) is 11.8 Å². The zero-order chi connectivity index (χ0) is 62.2. The number of aromatic amines is 1. The number of phenolic OH excluding ortho intramolecular Hbond substituents is 6. The van der Waals surface area contributed by atoms with E-state index in [1.807, 2.05) is 135 Å². The highest BCUT2D eigenvalue weighted by Gasteiger charge is 2.20. The van der Waals surface area contributed by atoms with Gasteiger partial charge in [0.2, 0.25) is 0 Å². The molecule has 0 bridgehead atoms. The van der Waals surface area contributed by atoms with Crippen molar-refractivity contribution in [2.45, 2.75) is 40.0 Å². The summed E-state index contributed by atoms with van der Waals surface area (Å²) in [5, 5.41) is 77.4. The van der Waals surface area contributed by atoms with Crippen molar-refractivity contribution in [2.75, 3.05) is 26.6 Å². The van der Waals surface area contributed by atoms with E-state index in [1.54, 1.807) is 32.0 Å². The van der Waals surface area contributed by atoms with Crippen LogP contribution >= 0.6 is 46.6 Å². The van der Waals surface area contributed by atoms with Gasteiger partial charge in [-0.1, -0.05) is 93.6 Å². The van der Waals surface area contributed by atoms with Crippen LogP contribution in [0, 0.1) is 4.77 Å². The Labute approximate surface area is 525 Å². The van der Waals surface area contributed by atoms with Crippen molar-refractivity contribution in [3.63, 3.8) is 0 Å². The number of isothiocyanates is 1. The molecule has 2 amide bonds. The molecule has 10 aromatic rings. The van der Waals surface area contributed by atoms with Crippen molar-refractivity contribution >= 4 is 112 Å². The third-order valence-corrected chi connectivity index (χ3v) is 14.0. The van der Waals surface area contributed by atoms with Gasteiger partial charge in [-0.3, -0.25) is 35.5 Å². The van der Waals surface area contributed by atoms with Gasteiger partial charge in [0.05, 0.1) is 54.6 Å². The fourth-order valence-corrected chi connectivity index (χ4v) is 9.63. The van der Waals surface area contributed by atoms with Crippen LogP contribution in [0.3, 0.4) is 0 Å². The molecular formula is C63H67N10O11PS3. The van der Waals surface area contributed by atoms with E-state index in [1.165, 1.54) is 18.2 Å². The molecule has 1 atom stereocenters. The molecule has 0 spiro atoms. The van der Waals surface area contributed by atoms with E-state index in [2.05, 4.69) is 48.7 Å². The lowest BCUT2D eigenvalue weighted by Gasteiger charge is -2.15. The minimum absolute atomic E-state index is 0. The summed E-state index contributed by atoms with van der Waals surface area (Å²) in [6.45, 7) is 5.60. The Kier molecular flexibility index (Phi) is 25.1. The number of nitrogen functional groups attached to an aromatic ring is 1. The number of H-pyrrole nitrogens is 1.